The highest BCUT2D eigenvalue weighted by molar-refractivity contribution is 5.93. The van der Waals surface area contributed by atoms with Crippen molar-refractivity contribution in [2.75, 3.05) is 0 Å². The lowest BCUT2D eigenvalue weighted by Gasteiger charge is -2.39. The van der Waals surface area contributed by atoms with Gasteiger partial charge in [-0.05, 0) is 50.0 Å². The van der Waals surface area contributed by atoms with Gasteiger partial charge in [0, 0.05) is 29.5 Å². The molecular formula is C23H21F2N3O2. The molecule has 1 aromatic carbocycles. The number of carbonyl (C=O) groups excluding carboxylic acids is 1. The summed E-state index contributed by atoms with van der Waals surface area (Å²) in [6.45, 7) is 0. The highest BCUT2D eigenvalue weighted by Crippen LogP contribution is 2.46. The quantitative estimate of drug-likeness (QED) is 0.809. The Kier molecular flexibility index (Phi) is 5.25. The summed E-state index contributed by atoms with van der Waals surface area (Å²) < 4.78 is 36.1. The Morgan fingerprint density at radius 1 is 1.23 bits per heavy atom. The number of carbonyl (C=O) groups is 1. The first-order valence-electron chi connectivity index (χ1n) is 9.92. The van der Waals surface area contributed by atoms with Gasteiger partial charge in [-0.3, -0.25) is 9.78 Å². The Bertz CT molecular complexity index is 1100. The van der Waals surface area contributed by atoms with Crippen molar-refractivity contribution >= 4 is 16.8 Å². The van der Waals surface area contributed by atoms with Crippen molar-refractivity contribution in [1.29, 1.82) is 5.26 Å². The molecular weight excluding hydrogens is 388 g/mol. The average molecular weight is 409 g/mol. The third kappa shape index (κ3) is 3.54. The molecule has 0 saturated heterocycles. The summed E-state index contributed by atoms with van der Waals surface area (Å²) in [5, 5.41) is 10.0. The highest BCUT2D eigenvalue weighted by Gasteiger charge is 2.47. The number of hydrogen-bond acceptors (Lipinski definition) is 4. The second-order valence-corrected chi connectivity index (χ2v) is 7.82. The summed E-state index contributed by atoms with van der Waals surface area (Å²) in [6.07, 6.45) is 5.37. The number of alkyl halides is 1. The van der Waals surface area contributed by atoms with E-state index >= 15 is 4.39 Å². The van der Waals surface area contributed by atoms with Gasteiger partial charge in [-0.15, -0.1) is 0 Å². The van der Waals surface area contributed by atoms with Crippen LogP contribution in [0, 0.1) is 17.2 Å². The average Bonchev–Trinajstić information content (AvgIpc) is 2.76. The zero-order valence-electron chi connectivity index (χ0n) is 16.3. The van der Waals surface area contributed by atoms with E-state index in [9.17, 15) is 14.4 Å². The first-order valence-corrected chi connectivity index (χ1v) is 9.92. The van der Waals surface area contributed by atoms with Gasteiger partial charge in [0.15, 0.2) is 5.67 Å². The summed E-state index contributed by atoms with van der Waals surface area (Å²) >= 11 is 0. The Hall–Kier alpha value is -3.27. The van der Waals surface area contributed by atoms with Gasteiger partial charge in [0.05, 0.1) is 17.2 Å². The maximum absolute atomic E-state index is 15.5. The molecule has 2 aliphatic carbocycles. The fourth-order valence-corrected chi connectivity index (χ4v) is 4.40. The molecule has 2 aliphatic rings. The summed E-state index contributed by atoms with van der Waals surface area (Å²) in [7, 11) is 0. The fourth-order valence-electron chi connectivity index (χ4n) is 4.40. The largest absolute Gasteiger partial charge is 0.490 e. The van der Waals surface area contributed by atoms with Crippen LogP contribution in [0.3, 0.4) is 0 Å². The van der Waals surface area contributed by atoms with Crippen LogP contribution >= 0.6 is 0 Å². The van der Waals surface area contributed by atoms with Gasteiger partial charge in [0.25, 0.3) is 0 Å². The molecule has 2 aromatic rings. The minimum absolute atomic E-state index is 0.105. The number of ether oxygens (including phenoxy) is 1. The number of nitrogens with two attached hydrogens (primary N) is 1. The molecule has 4 rings (SSSR count). The van der Waals surface area contributed by atoms with E-state index in [0.717, 1.165) is 11.5 Å². The molecule has 1 saturated carbocycles. The maximum Gasteiger partial charge on any atom is 0.244 e. The molecule has 0 aliphatic heterocycles. The van der Waals surface area contributed by atoms with Gasteiger partial charge < -0.3 is 10.5 Å². The molecule has 154 valence electrons. The molecule has 5 nitrogen and oxygen atoms in total. The van der Waals surface area contributed by atoms with Crippen molar-refractivity contribution in [1.82, 2.24) is 4.98 Å². The van der Waals surface area contributed by atoms with Gasteiger partial charge in [0.2, 0.25) is 5.91 Å². The summed E-state index contributed by atoms with van der Waals surface area (Å²) in [5.41, 5.74) is 4.22. The molecule has 1 amide bonds. The molecule has 0 spiro atoms. The van der Waals surface area contributed by atoms with E-state index in [-0.39, 0.29) is 18.1 Å². The van der Waals surface area contributed by atoms with Crippen molar-refractivity contribution in [3.05, 3.63) is 59.6 Å². The van der Waals surface area contributed by atoms with Crippen molar-refractivity contribution in [2.45, 2.75) is 43.9 Å². The van der Waals surface area contributed by atoms with Gasteiger partial charge in [0.1, 0.15) is 17.6 Å². The highest BCUT2D eigenvalue weighted by atomic mass is 19.2. The third-order valence-electron chi connectivity index (χ3n) is 6.06. The Balaban J connectivity index is 1.47. The second-order valence-electron chi connectivity index (χ2n) is 7.82. The Morgan fingerprint density at radius 3 is 2.70 bits per heavy atom. The van der Waals surface area contributed by atoms with Crippen LogP contribution in [0.1, 0.15) is 37.7 Å². The van der Waals surface area contributed by atoms with Crippen LogP contribution in [-0.2, 0) is 4.79 Å². The first-order chi connectivity index (χ1) is 14.4. The predicted molar refractivity (Wildman–Crippen MR) is 108 cm³/mol. The van der Waals surface area contributed by atoms with Gasteiger partial charge in [-0.25, -0.2) is 8.78 Å². The maximum atomic E-state index is 15.5. The number of para-hydroxylation sites is 1. The number of nitriles is 1. The zero-order valence-corrected chi connectivity index (χ0v) is 16.3. The van der Waals surface area contributed by atoms with Crippen LogP contribution < -0.4 is 10.5 Å². The van der Waals surface area contributed by atoms with Gasteiger partial charge >= 0.3 is 0 Å². The zero-order chi connectivity index (χ0) is 21.3. The minimum atomic E-state index is -2.20. The predicted octanol–water partition coefficient (Wildman–Crippen LogP) is 4.42. The summed E-state index contributed by atoms with van der Waals surface area (Å²) in [6, 6.07) is 9.20. The van der Waals surface area contributed by atoms with Crippen molar-refractivity contribution in [2.24, 2.45) is 11.7 Å². The Morgan fingerprint density at radius 2 is 2.00 bits per heavy atom. The van der Waals surface area contributed by atoms with Gasteiger partial charge in [-0.1, -0.05) is 12.1 Å². The van der Waals surface area contributed by atoms with Crippen molar-refractivity contribution < 1.29 is 18.3 Å². The topological polar surface area (TPSA) is 89.0 Å². The van der Waals surface area contributed by atoms with Crippen LogP contribution in [0.4, 0.5) is 8.78 Å². The van der Waals surface area contributed by atoms with E-state index in [2.05, 4.69) is 11.1 Å². The smallest absolute Gasteiger partial charge is 0.244 e. The molecule has 1 aromatic heterocycles. The molecule has 1 unspecified atom stereocenters. The number of primary amides is 1. The van der Waals surface area contributed by atoms with Crippen LogP contribution in [0.15, 0.2) is 54.0 Å². The molecule has 30 heavy (non-hydrogen) atoms. The van der Waals surface area contributed by atoms with E-state index in [1.165, 1.54) is 6.08 Å². The number of halogens is 2. The SMILES string of the molecule is N#Cc1cccc2c(OC3CCC(C4(F)CC(C(N)=O)=CC=C4F)CC3)ccnc12. The number of pyridine rings is 1. The lowest BCUT2D eigenvalue weighted by atomic mass is 9.72. The van der Waals surface area contributed by atoms with Crippen LogP contribution in [-0.4, -0.2) is 22.7 Å². The lowest BCUT2D eigenvalue weighted by molar-refractivity contribution is -0.115. The van der Waals surface area contributed by atoms with E-state index in [1.807, 2.05) is 6.07 Å². The first kappa shape index (κ1) is 20.0. The molecule has 1 atom stereocenters. The van der Waals surface area contributed by atoms with Crippen LogP contribution in [0.5, 0.6) is 5.75 Å². The Labute approximate surface area is 172 Å². The lowest BCUT2D eigenvalue weighted by Crippen LogP contribution is -2.41. The summed E-state index contributed by atoms with van der Waals surface area (Å²) in [4.78, 5) is 15.7. The molecule has 2 N–H and O–H groups in total. The molecule has 1 heterocycles. The van der Waals surface area contributed by atoms with E-state index in [1.54, 1.807) is 24.4 Å². The number of amides is 1. The molecule has 7 heteroatoms. The van der Waals surface area contributed by atoms with E-state index in [0.29, 0.717) is 42.5 Å². The molecule has 0 bridgehead atoms. The number of hydrogen-bond donors (Lipinski definition) is 1. The minimum Gasteiger partial charge on any atom is -0.490 e. The number of rotatable bonds is 4. The normalized spacial score (nSPS) is 26.4. The number of allylic oxidation sites excluding steroid dienone is 3. The second kappa shape index (κ2) is 7.86. The van der Waals surface area contributed by atoms with Crippen molar-refractivity contribution in [3.63, 3.8) is 0 Å². The fraction of sp³-hybridized carbons (Fsp3) is 0.348. The van der Waals surface area contributed by atoms with E-state index in [4.69, 9.17) is 10.5 Å². The molecule has 0 radical (unpaired) electrons. The number of nitrogens with zero attached hydrogens (tertiary/aromatic N) is 2. The number of benzene rings is 1. The van der Waals surface area contributed by atoms with E-state index < -0.39 is 23.3 Å². The van der Waals surface area contributed by atoms with Crippen LogP contribution in [0.25, 0.3) is 10.9 Å². The van der Waals surface area contributed by atoms with Crippen molar-refractivity contribution in [3.8, 4) is 11.8 Å². The molecule has 1 fully saturated rings. The number of fused-ring (bicyclic) bond motifs is 1. The third-order valence-corrected chi connectivity index (χ3v) is 6.06. The number of aromatic nitrogens is 1. The standard InChI is InChI=1S/C23H21F2N3O2/c24-20-9-4-14(22(27)29)12-23(20,25)16-5-7-17(8-6-16)30-19-10-11-28-21-15(13-26)2-1-3-18(19)21/h1-4,9-11,16-17H,5-8,12H2,(H2,27,29). The van der Waals surface area contributed by atoms with Gasteiger partial charge in [-0.2, -0.15) is 5.26 Å². The monoisotopic (exact) mass is 409 g/mol. The van der Waals surface area contributed by atoms with Crippen LogP contribution in [0.2, 0.25) is 0 Å². The summed E-state index contributed by atoms with van der Waals surface area (Å²) in [5.74, 6) is -1.49.